The second kappa shape index (κ2) is 4.57. The fourth-order valence-electron chi connectivity index (χ4n) is 0.915. The summed E-state index contributed by atoms with van der Waals surface area (Å²) in [5.41, 5.74) is 5.94. The molecule has 0 saturated heterocycles. The van der Waals surface area contributed by atoms with Crippen molar-refractivity contribution in [2.45, 2.75) is 0 Å². The van der Waals surface area contributed by atoms with Gasteiger partial charge in [0.15, 0.2) is 11.6 Å². The maximum Gasteiger partial charge on any atom is 0.165 e. The SMILES string of the molecule is COc1cc(/C=N/CN)ccc1F. The van der Waals surface area contributed by atoms with E-state index in [4.69, 9.17) is 10.5 Å². The summed E-state index contributed by atoms with van der Waals surface area (Å²) < 4.78 is 17.7. The molecule has 4 heteroatoms. The molecule has 0 amide bonds. The Bertz CT molecular complexity index is 312. The minimum atomic E-state index is -0.382. The Morgan fingerprint density at radius 2 is 2.38 bits per heavy atom. The van der Waals surface area contributed by atoms with Crippen molar-refractivity contribution in [2.75, 3.05) is 13.8 Å². The normalized spacial score (nSPS) is 10.7. The van der Waals surface area contributed by atoms with E-state index >= 15 is 0 Å². The van der Waals surface area contributed by atoms with Gasteiger partial charge in [-0.2, -0.15) is 0 Å². The Hall–Kier alpha value is -1.42. The van der Waals surface area contributed by atoms with Gasteiger partial charge >= 0.3 is 0 Å². The average Bonchev–Trinajstić information content (AvgIpc) is 2.16. The van der Waals surface area contributed by atoms with Crippen LogP contribution in [0.25, 0.3) is 0 Å². The molecule has 70 valence electrons. The van der Waals surface area contributed by atoms with Gasteiger partial charge in [0.25, 0.3) is 0 Å². The van der Waals surface area contributed by atoms with Gasteiger partial charge in [0.05, 0.1) is 13.8 Å². The zero-order chi connectivity index (χ0) is 9.68. The Labute approximate surface area is 76.0 Å². The predicted octanol–water partition coefficient (Wildman–Crippen LogP) is 1.17. The number of hydrogen-bond donors (Lipinski definition) is 1. The van der Waals surface area contributed by atoms with Crippen molar-refractivity contribution in [3.8, 4) is 5.75 Å². The first-order valence-electron chi connectivity index (χ1n) is 3.81. The molecule has 0 spiro atoms. The molecule has 0 aliphatic heterocycles. The van der Waals surface area contributed by atoms with Crippen molar-refractivity contribution in [3.05, 3.63) is 29.6 Å². The van der Waals surface area contributed by atoms with Gasteiger partial charge in [-0.25, -0.2) is 4.39 Å². The topological polar surface area (TPSA) is 47.6 Å². The number of benzene rings is 1. The molecule has 1 aromatic carbocycles. The second-order valence-electron chi connectivity index (χ2n) is 2.39. The van der Waals surface area contributed by atoms with Crippen molar-refractivity contribution in [3.63, 3.8) is 0 Å². The third-order valence-electron chi connectivity index (χ3n) is 1.52. The molecule has 0 atom stereocenters. The van der Waals surface area contributed by atoms with Gasteiger partial charge in [-0.05, 0) is 17.7 Å². The van der Waals surface area contributed by atoms with Crippen molar-refractivity contribution in [1.29, 1.82) is 0 Å². The number of ether oxygens (including phenoxy) is 1. The summed E-state index contributed by atoms with van der Waals surface area (Å²) in [6, 6.07) is 4.50. The van der Waals surface area contributed by atoms with Gasteiger partial charge in [-0.15, -0.1) is 0 Å². The minimum absolute atomic E-state index is 0.209. The zero-order valence-electron chi connectivity index (χ0n) is 7.33. The van der Waals surface area contributed by atoms with Crippen LogP contribution in [0.5, 0.6) is 5.75 Å². The highest BCUT2D eigenvalue weighted by Crippen LogP contribution is 2.16. The second-order valence-corrected chi connectivity index (χ2v) is 2.39. The summed E-state index contributed by atoms with van der Waals surface area (Å²) in [4.78, 5) is 3.82. The first-order valence-corrected chi connectivity index (χ1v) is 3.81. The van der Waals surface area contributed by atoms with E-state index in [0.717, 1.165) is 5.56 Å². The third kappa shape index (κ3) is 2.52. The van der Waals surface area contributed by atoms with Crippen LogP contribution in [0.15, 0.2) is 23.2 Å². The number of aliphatic imine (C=N–C) groups is 1. The number of halogens is 1. The van der Waals surface area contributed by atoms with E-state index in [2.05, 4.69) is 4.99 Å². The quantitative estimate of drug-likeness (QED) is 0.713. The molecule has 0 aromatic heterocycles. The summed E-state index contributed by atoms with van der Waals surface area (Å²) in [6.45, 7) is 0.222. The third-order valence-corrected chi connectivity index (χ3v) is 1.52. The molecule has 3 nitrogen and oxygen atoms in total. The first kappa shape index (κ1) is 9.67. The molecule has 0 aliphatic rings. The lowest BCUT2D eigenvalue weighted by Gasteiger charge is -2.01. The number of nitrogens with two attached hydrogens (primary N) is 1. The van der Waals surface area contributed by atoms with E-state index in [0.29, 0.717) is 0 Å². The standard InChI is InChI=1S/C9H11FN2O/c1-13-9-4-7(5-12-6-11)2-3-8(9)10/h2-5H,6,11H2,1H3/b12-5+. The molecule has 2 N–H and O–H groups in total. The lowest BCUT2D eigenvalue weighted by atomic mass is 10.2. The molecular formula is C9H11FN2O. The molecular weight excluding hydrogens is 171 g/mol. The highest BCUT2D eigenvalue weighted by molar-refractivity contribution is 5.80. The molecule has 1 aromatic rings. The number of rotatable bonds is 3. The number of hydrogen-bond acceptors (Lipinski definition) is 3. The fraction of sp³-hybridized carbons (Fsp3) is 0.222. The van der Waals surface area contributed by atoms with Crippen LogP contribution < -0.4 is 10.5 Å². The monoisotopic (exact) mass is 182 g/mol. The maximum atomic E-state index is 12.9. The van der Waals surface area contributed by atoms with Crippen LogP contribution in [0.2, 0.25) is 0 Å². The van der Waals surface area contributed by atoms with E-state index in [-0.39, 0.29) is 18.2 Å². The number of methoxy groups -OCH3 is 1. The van der Waals surface area contributed by atoms with E-state index in [1.165, 1.54) is 13.2 Å². The molecule has 0 aliphatic carbocycles. The van der Waals surface area contributed by atoms with Crippen molar-refractivity contribution in [1.82, 2.24) is 0 Å². The van der Waals surface area contributed by atoms with Gasteiger partial charge in [0.2, 0.25) is 0 Å². The van der Waals surface area contributed by atoms with Crippen molar-refractivity contribution < 1.29 is 9.13 Å². The number of nitrogens with zero attached hydrogens (tertiary/aromatic N) is 1. The molecule has 0 bridgehead atoms. The first-order chi connectivity index (χ1) is 6.27. The highest BCUT2D eigenvalue weighted by atomic mass is 19.1. The Balaban J connectivity index is 2.92. The van der Waals surface area contributed by atoms with Gasteiger partial charge in [0.1, 0.15) is 0 Å². The van der Waals surface area contributed by atoms with E-state index in [1.807, 2.05) is 0 Å². The molecule has 0 heterocycles. The van der Waals surface area contributed by atoms with E-state index < -0.39 is 0 Å². The lowest BCUT2D eigenvalue weighted by Crippen LogP contribution is -1.95. The molecule has 0 saturated carbocycles. The molecule has 0 unspecified atom stereocenters. The van der Waals surface area contributed by atoms with Gasteiger partial charge < -0.3 is 10.5 Å². The molecule has 1 rings (SSSR count). The van der Waals surface area contributed by atoms with Crippen LogP contribution >= 0.6 is 0 Å². The van der Waals surface area contributed by atoms with Gasteiger partial charge in [0, 0.05) is 6.21 Å². The average molecular weight is 182 g/mol. The predicted molar refractivity (Wildman–Crippen MR) is 49.6 cm³/mol. The summed E-state index contributed by atoms with van der Waals surface area (Å²) in [7, 11) is 1.42. The van der Waals surface area contributed by atoms with Crippen LogP contribution in [0, 0.1) is 5.82 Å². The molecule has 13 heavy (non-hydrogen) atoms. The molecule has 0 radical (unpaired) electrons. The van der Waals surface area contributed by atoms with Gasteiger partial charge in [-0.3, -0.25) is 4.99 Å². The van der Waals surface area contributed by atoms with E-state index in [9.17, 15) is 4.39 Å². The van der Waals surface area contributed by atoms with Crippen LogP contribution in [-0.4, -0.2) is 20.0 Å². The van der Waals surface area contributed by atoms with Crippen LogP contribution in [0.3, 0.4) is 0 Å². The van der Waals surface area contributed by atoms with Crippen LogP contribution in [0.1, 0.15) is 5.56 Å². The summed E-state index contributed by atoms with van der Waals surface area (Å²) in [5, 5.41) is 0. The zero-order valence-corrected chi connectivity index (χ0v) is 7.33. The summed E-state index contributed by atoms with van der Waals surface area (Å²) in [6.07, 6.45) is 1.57. The lowest BCUT2D eigenvalue weighted by molar-refractivity contribution is 0.386. The molecule has 0 fully saturated rings. The maximum absolute atomic E-state index is 12.9. The Morgan fingerprint density at radius 1 is 1.62 bits per heavy atom. The van der Waals surface area contributed by atoms with Gasteiger partial charge in [-0.1, -0.05) is 6.07 Å². The Morgan fingerprint density at radius 3 is 3.00 bits per heavy atom. The smallest absolute Gasteiger partial charge is 0.165 e. The fourth-order valence-corrected chi connectivity index (χ4v) is 0.915. The van der Waals surface area contributed by atoms with Crippen LogP contribution in [-0.2, 0) is 0 Å². The summed E-state index contributed by atoms with van der Waals surface area (Å²) >= 11 is 0. The largest absolute Gasteiger partial charge is 0.494 e. The minimum Gasteiger partial charge on any atom is -0.494 e. The highest BCUT2D eigenvalue weighted by Gasteiger charge is 2.00. The van der Waals surface area contributed by atoms with Crippen molar-refractivity contribution in [2.24, 2.45) is 10.7 Å². The summed E-state index contributed by atoms with van der Waals surface area (Å²) in [5.74, 6) is -0.173. The van der Waals surface area contributed by atoms with E-state index in [1.54, 1.807) is 18.3 Å². The van der Waals surface area contributed by atoms with Crippen LogP contribution in [0.4, 0.5) is 4.39 Å². The Kier molecular flexibility index (Phi) is 3.40. The van der Waals surface area contributed by atoms with Crippen molar-refractivity contribution >= 4 is 6.21 Å².